The van der Waals surface area contributed by atoms with Crippen molar-refractivity contribution in [3.63, 3.8) is 0 Å². The van der Waals surface area contributed by atoms with Crippen molar-refractivity contribution in [2.24, 2.45) is 4.99 Å². The van der Waals surface area contributed by atoms with Gasteiger partial charge in [-0.3, -0.25) is 0 Å². The van der Waals surface area contributed by atoms with E-state index in [1.54, 1.807) is 12.1 Å². The van der Waals surface area contributed by atoms with E-state index in [0.717, 1.165) is 50.7 Å². The largest absolute Gasteiger partial charge is 0.411 e. The average Bonchev–Trinajstić information content (AvgIpc) is 2.62. The van der Waals surface area contributed by atoms with Gasteiger partial charge in [-0.1, -0.05) is 24.3 Å². The maximum Gasteiger partial charge on any atom is 0.411 e. The third-order valence-corrected chi connectivity index (χ3v) is 3.53. The highest BCUT2D eigenvalue weighted by Gasteiger charge is 2.27. The average molecular weight is 389 g/mol. The maximum absolute atomic E-state index is 12.1. The van der Waals surface area contributed by atoms with Crippen LogP contribution in [0.2, 0.25) is 0 Å². The van der Waals surface area contributed by atoms with Gasteiger partial charge in [0.15, 0.2) is 5.96 Å². The molecule has 1 aromatic rings. The number of aliphatic imine (C=N–C) groups is 1. The monoisotopic (exact) mass is 389 g/mol. The number of hydrogen-bond acceptors (Lipinski definition) is 3. The van der Waals surface area contributed by atoms with Crippen molar-refractivity contribution in [3.05, 3.63) is 35.4 Å². The van der Waals surface area contributed by atoms with Crippen LogP contribution >= 0.6 is 0 Å². The normalized spacial score (nSPS) is 12.3. The molecular weight excluding hydrogens is 359 g/mol. The zero-order chi connectivity index (χ0) is 20.0. The first-order valence-electron chi connectivity index (χ1n) is 9.26. The van der Waals surface area contributed by atoms with E-state index in [9.17, 15) is 13.2 Å². The molecule has 1 aromatic carbocycles. The number of benzene rings is 1. The van der Waals surface area contributed by atoms with E-state index in [0.29, 0.717) is 12.1 Å². The van der Waals surface area contributed by atoms with Crippen molar-refractivity contribution in [1.82, 2.24) is 10.6 Å². The first kappa shape index (κ1) is 23.2. The minimum atomic E-state index is -4.30. The SMILES string of the molecule is CCNC(=NCc1ccc(COCC(F)(F)F)cc1)NCCCCOCC. The number of alkyl halides is 3. The lowest BCUT2D eigenvalue weighted by molar-refractivity contribution is -0.176. The number of ether oxygens (including phenoxy) is 2. The first-order chi connectivity index (χ1) is 12.9. The van der Waals surface area contributed by atoms with Crippen molar-refractivity contribution < 1.29 is 22.6 Å². The van der Waals surface area contributed by atoms with Gasteiger partial charge in [0.05, 0.1) is 13.2 Å². The van der Waals surface area contributed by atoms with Crippen LogP contribution in [0.25, 0.3) is 0 Å². The molecule has 0 aliphatic carbocycles. The van der Waals surface area contributed by atoms with E-state index < -0.39 is 12.8 Å². The van der Waals surface area contributed by atoms with Crippen LogP contribution in [0, 0.1) is 0 Å². The quantitative estimate of drug-likeness (QED) is 0.326. The lowest BCUT2D eigenvalue weighted by Crippen LogP contribution is -2.37. The number of hydrogen-bond donors (Lipinski definition) is 2. The van der Waals surface area contributed by atoms with Crippen LogP contribution in [-0.4, -0.2) is 45.0 Å². The van der Waals surface area contributed by atoms with Gasteiger partial charge in [0, 0.05) is 26.3 Å². The number of nitrogens with one attached hydrogen (secondary N) is 2. The number of guanidine groups is 1. The third-order valence-electron chi connectivity index (χ3n) is 3.53. The van der Waals surface area contributed by atoms with Crippen molar-refractivity contribution in [1.29, 1.82) is 0 Å². The molecule has 2 N–H and O–H groups in total. The van der Waals surface area contributed by atoms with Crippen LogP contribution in [0.15, 0.2) is 29.3 Å². The Morgan fingerprint density at radius 2 is 1.70 bits per heavy atom. The summed E-state index contributed by atoms with van der Waals surface area (Å²) >= 11 is 0. The maximum atomic E-state index is 12.1. The molecule has 0 radical (unpaired) electrons. The van der Waals surface area contributed by atoms with Crippen molar-refractivity contribution >= 4 is 5.96 Å². The van der Waals surface area contributed by atoms with Gasteiger partial charge < -0.3 is 20.1 Å². The lowest BCUT2D eigenvalue weighted by atomic mass is 10.1. The van der Waals surface area contributed by atoms with E-state index >= 15 is 0 Å². The number of halogens is 3. The number of unbranched alkanes of at least 4 members (excludes halogenated alkanes) is 1. The van der Waals surface area contributed by atoms with Crippen molar-refractivity contribution in [2.75, 3.05) is 32.9 Å². The highest BCUT2D eigenvalue weighted by Crippen LogP contribution is 2.16. The minimum Gasteiger partial charge on any atom is -0.382 e. The van der Waals surface area contributed by atoms with Gasteiger partial charge in [0.1, 0.15) is 6.61 Å². The summed E-state index contributed by atoms with van der Waals surface area (Å²) in [6.45, 7) is 6.26. The van der Waals surface area contributed by atoms with Crippen LogP contribution < -0.4 is 10.6 Å². The second kappa shape index (κ2) is 13.4. The van der Waals surface area contributed by atoms with E-state index in [1.807, 2.05) is 26.0 Å². The fourth-order valence-corrected chi connectivity index (χ4v) is 2.22. The van der Waals surface area contributed by atoms with E-state index in [-0.39, 0.29) is 6.61 Å². The lowest BCUT2D eigenvalue weighted by Gasteiger charge is -2.11. The van der Waals surface area contributed by atoms with Crippen LogP contribution in [0.5, 0.6) is 0 Å². The van der Waals surface area contributed by atoms with Crippen LogP contribution in [0.3, 0.4) is 0 Å². The summed E-state index contributed by atoms with van der Waals surface area (Å²) in [4.78, 5) is 4.52. The van der Waals surface area contributed by atoms with Crippen LogP contribution in [0.1, 0.15) is 37.8 Å². The summed E-state index contributed by atoms with van der Waals surface area (Å²) in [5.74, 6) is 0.742. The Bertz CT molecular complexity index is 534. The predicted molar refractivity (Wildman–Crippen MR) is 101 cm³/mol. The van der Waals surface area contributed by atoms with Crippen molar-refractivity contribution in [3.8, 4) is 0 Å². The van der Waals surface area contributed by atoms with Crippen molar-refractivity contribution in [2.45, 2.75) is 46.0 Å². The Morgan fingerprint density at radius 1 is 1.00 bits per heavy atom. The Kier molecular flexibility index (Phi) is 11.5. The topological polar surface area (TPSA) is 54.9 Å². The minimum absolute atomic E-state index is 0.0605. The highest BCUT2D eigenvalue weighted by atomic mass is 19.4. The van der Waals surface area contributed by atoms with E-state index in [1.165, 1.54) is 0 Å². The summed E-state index contributed by atoms with van der Waals surface area (Å²) in [6.07, 6.45) is -2.30. The fraction of sp³-hybridized carbons (Fsp3) is 0.632. The smallest absolute Gasteiger partial charge is 0.382 e. The summed E-state index contributed by atoms with van der Waals surface area (Å²) in [5.41, 5.74) is 1.68. The molecule has 5 nitrogen and oxygen atoms in total. The summed E-state index contributed by atoms with van der Waals surface area (Å²) < 4.78 is 46.2. The van der Waals surface area contributed by atoms with Gasteiger partial charge >= 0.3 is 6.18 Å². The van der Waals surface area contributed by atoms with Gasteiger partial charge in [-0.25, -0.2) is 4.99 Å². The molecule has 0 saturated carbocycles. The molecule has 0 saturated heterocycles. The molecule has 0 atom stereocenters. The van der Waals surface area contributed by atoms with Crippen LogP contribution in [-0.2, 0) is 22.6 Å². The number of nitrogens with zero attached hydrogens (tertiary/aromatic N) is 1. The Balaban J connectivity index is 2.39. The second-order valence-corrected chi connectivity index (χ2v) is 5.95. The molecule has 0 bridgehead atoms. The molecule has 154 valence electrons. The molecule has 1 rings (SSSR count). The standard InChI is InChI=1S/C19H30F3N3O2/c1-3-23-18(24-11-5-6-12-26-4-2)25-13-16-7-9-17(10-8-16)14-27-15-19(20,21)22/h7-10H,3-6,11-15H2,1-2H3,(H2,23,24,25). The molecule has 0 heterocycles. The highest BCUT2D eigenvalue weighted by molar-refractivity contribution is 5.79. The zero-order valence-corrected chi connectivity index (χ0v) is 16.1. The summed E-state index contributed by atoms with van der Waals surface area (Å²) in [6, 6.07) is 7.22. The molecule has 0 spiro atoms. The Labute approximate surface area is 159 Å². The van der Waals surface area contributed by atoms with Gasteiger partial charge in [0.2, 0.25) is 0 Å². The van der Waals surface area contributed by atoms with Crippen LogP contribution in [0.4, 0.5) is 13.2 Å². The molecule has 0 unspecified atom stereocenters. The fourth-order valence-electron chi connectivity index (χ4n) is 2.22. The number of rotatable bonds is 12. The molecule has 0 aliphatic heterocycles. The van der Waals surface area contributed by atoms with Gasteiger partial charge in [0.25, 0.3) is 0 Å². The molecule has 0 aliphatic rings. The Morgan fingerprint density at radius 3 is 2.33 bits per heavy atom. The van der Waals surface area contributed by atoms with Gasteiger partial charge in [-0.15, -0.1) is 0 Å². The summed E-state index contributed by atoms with van der Waals surface area (Å²) in [5, 5.41) is 6.47. The molecule has 0 fully saturated rings. The van der Waals surface area contributed by atoms with E-state index in [2.05, 4.69) is 20.4 Å². The van der Waals surface area contributed by atoms with Gasteiger partial charge in [-0.05, 0) is 37.8 Å². The molecule has 8 heteroatoms. The first-order valence-corrected chi connectivity index (χ1v) is 9.26. The molecule has 27 heavy (non-hydrogen) atoms. The zero-order valence-electron chi connectivity index (χ0n) is 16.1. The third kappa shape index (κ3) is 12.3. The van der Waals surface area contributed by atoms with E-state index in [4.69, 9.17) is 4.74 Å². The second-order valence-electron chi connectivity index (χ2n) is 5.95. The Hall–Kier alpha value is -1.80. The molecular formula is C19H30F3N3O2. The molecule has 0 amide bonds. The predicted octanol–water partition coefficient (Wildman–Crippen LogP) is 3.64. The van der Waals surface area contributed by atoms with Gasteiger partial charge in [-0.2, -0.15) is 13.2 Å². The molecule has 0 aromatic heterocycles. The summed E-state index contributed by atoms with van der Waals surface area (Å²) in [7, 11) is 0.